The predicted octanol–water partition coefficient (Wildman–Crippen LogP) is 4.00. The SMILES string of the molecule is Cc1nc2c(cnn2C(C)C)cc1C(=O)NC(C)c1nc(-c2ccc(F)cc2)no1. The first-order valence-corrected chi connectivity index (χ1v) is 9.58. The molecule has 4 aromatic rings. The van der Waals surface area contributed by atoms with Gasteiger partial charge in [-0.3, -0.25) is 4.79 Å². The van der Waals surface area contributed by atoms with Crippen LogP contribution in [0.15, 0.2) is 41.1 Å². The van der Waals surface area contributed by atoms with Gasteiger partial charge in [-0.15, -0.1) is 0 Å². The first-order valence-electron chi connectivity index (χ1n) is 9.58. The molecule has 1 N–H and O–H groups in total. The molecule has 0 radical (unpaired) electrons. The second kappa shape index (κ2) is 7.66. The Labute approximate surface area is 172 Å². The molecule has 0 fully saturated rings. The van der Waals surface area contributed by atoms with Crippen molar-refractivity contribution >= 4 is 16.9 Å². The van der Waals surface area contributed by atoms with Gasteiger partial charge in [-0.25, -0.2) is 14.1 Å². The minimum absolute atomic E-state index is 0.168. The molecule has 1 aromatic carbocycles. The van der Waals surface area contributed by atoms with Crippen LogP contribution in [0, 0.1) is 12.7 Å². The topological polar surface area (TPSA) is 98.7 Å². The molecule has 0 saturated carbocycles. The highest BCUT2D eigenvalue weighted by Crippen LogP contribution is 2.22. The van der Waals surface area contributed by atoms with Gasteiger partial charge in [0.05, 0.1) is 17.5 Å². The van der Waals surface area contributed by atoms with Gasteiger partial charge in [-0.05, 0) is 58.0 Å². The third-order valence-electron chi connectivity index (χ3n) is 4.76. The van der Waals surface area contributed by atoms with Gasteiger partial charge in [0.25, 0.3) is 5.91 Å². The Morgan fingerprint density at radius 2 is 1.90 bits per heavy atom. The number of hydrogen-bond donors (Lipinski definition) is 1. The number of rotatable bonds is 5. The van der Waals surface area contributed by atoms with Crippen molar-refractivity contribution in [1.82, 2.24) is 30.2 Å². The summed E-state index contributed by atoms with van der Waals surface area (Å²) in [7, 11) is 0. The molecule has 0 spiro atoms. The van der Waals surface area contributed by atoms with Crippen LogP contribution in [0.1, 0.15) is 54.8 Å². The average Bonchev–Trinajstić information content (AvgIpc) is 3.35. The van der Waals surface area contributed by atoms with E-state index >= 15 is 0 Å². The summed E-state index contributed by atoms with van der Waals surface area (Å²) in [6.07, 6.45) is 1.70. The van der Waals surface area contributed by atoms with E-state index in [0.717, 1.165) is 11.0 Å². The number of carbonyl (C=O) groups is 1. The first kappa shape index (κ1) is 19.7. The summed E-state index contributed by atoms with van der Waals surface area (Å²) in [4.78, 5) is 21.7. The van der Waals surface area contributed by atoms with Crippen LogP contribution in [-0.4, -0.2) is 30.8 Å². The van der Waals surface area contributed by atoms with E-state index in [-0.39, 0.29) is 23.7 Å². The molecule has 1 atom stereocenters. The molecule has 0 bridgehead atoms. The summed E-state index contributed by atoms with van der Waals surface area (Å²) in [5.74, 6) is -0.0651. The third kappa shape index (κ3) is 3.66. The van der Waals surface area contributed by atoms with E-state index in [4.69, 9.17) is 4.52 Å². The number of fused-ring (bicyclic) bond motifs is 1. The number of amides is 1. The van der Waals surface area contributed by atoms with Crippen molar-refractivity contribution in [2.24, 2.45) is 0 Å². The highest BCUT2D eigenvalue weighted by Gasteiger charge is 2.21. The molecule has 4 rings (SSSR count). The van der Waals surface area contributed by atoms with Crippen molar-refractivity contribution in [3.8, 4) is 11.4 Å². The summed E-state index contributed by atoms with van der Waals surface area (Å²) in [6, 6.07) is 7.20. The van der Waals surface area contributed by atoms with Gasteiger partial charge in [-0.2, -0.15) is 10.1 Å². The standard InChI is InChI=1S/C21H21FN6O2/c1-11(2)28-19-15(10-23-28)9-17(12(3)24-19)20(29)25-13(4)21-26-18(27-30-21)14-5-7-16(22)8-6-14/h5-11,13H,1-4H3,(H,25,29). The van der Waals surface area contributed by atoms with Gasteiger partial charge >= 0.3 is 0 Å². The molecule has 3 aromatic heterocycles. The van der Waals surface area contributed by atoms with Crippen LogP contribution in [0.2, 0.25) is 0 Å². The van der Waals surface area contributed by atoms with Gasteiger partial charge in [0.15, 0.2) is 5.65 Å². The smallest absolute Gasteiger partial charge is 0.253 e. The van der Waals surface area contributed by atoms with Crippen LogP contribution in [0.4, 0.5) is 4.39 Å². The molecule has 1 amide bonds. The predicted molar refractivity (Wildman–Crippen MR) is 108 cm³/mol. The van der Waals surface area contributed by atoms with Crippen LogP contribution in [0.25, 0.3) is 22.4 Å². The number of aromatic nitrogens is 5. The lowest BCUT2D eigenvalue weighted by atomic mass is 10.1. The maximum absolute atomic E-state index is 13.1. The Kier molecular flexibility index (Phi) is 5.03. The van der Waals surface area contributed by atoms with Crippen molar-refractivity contribution in [2.75, 3.05) is 0 Å². The van der Waals surface area contributed by atoms with Gasteiger partial charge in [0, 0.05) is 17.0 Å². The number of benzene rings is 1. The molecule has 1 unspecified atom stereocenters. The molecular formula is C21H21FN6O2. The summed E-state index contributed by atoms with van der Waals surface area (Å²) >= 11 is 0. The monoisotopic (exact) mass is 408 g/mol. The zero-order valence-corrected chi connectivity index (χ0v) is 17.0. The van der Waals surface area contributed by atoms with E-state index in [0.29, 0.717) is 22.6 Å². The molecular weight excluding hydrogens is 387 g/mol. The van der Waals surface area contributed by atoms with Crippen LogP contribution in [0.3, 0.4) is 0 Å². The normalized spacial score (nSPS) is 12.5. The lowest BCUT2D eigenvalue weighted by Gasteiger charge is -2.12. The quantitative estimate of drug-likeness (QED) is 0.536. The number of pyridine rings is 1. The molecule has 154 valence electrons. The minimum Gasteiger partial charge on any atom is -0.340 e. The van der Waals surface area contributed by atoms with Crippen molar-refractivity contribution in [1.29, 1.82) is 0 Å². The molecule has 0 aliphatic heterocycles. The molecule has 0 saturated heterocycles. The Morgan fingerprint density at radius 3 is 2.60 bits per heavy atom. The van der Waals surface area contributed by atoms with E-state index in [1.165, 1.54) is 12.1 Å². The van der Waals surface area contributed by atoms with Gasteiger partial charge in [0.2, 0.25) is 11.7 Å². The minimum atomic E-state index is -0.521. The Bertz CT molecular complexity index is 1210. The summed E-state index contributed by atoms with van der Waals surface area (Å²) in [5, 5.41) is 11.9. The van der Waals surface area contributed by atoms with E-state index in [9.17, 15) is 9.18 Å². The van der Waals surface area contributed by atoms with E-state index in [1.54, 1.807) is 38.2 Å². The van der Waals surface area contributed by atoms with Gasteiger partial charge in [0.1, 0.15) is 11.9 Å². The Morgan fingerprint density at radius 1 is 1.17 bits per heavy atom. The maximum Gasteiger partial charge on any atom is 0.253 e. The number of carbonyl (C=O) groups excluding carboxylic acids is 1. The van der Waals surface area contributed by atoms with E-state index in [2.05, 4.69) is 25.5 Å². The van der Waals surface area contributed by atoms with Crippen molar-refractivity contribution in [3.63, 3.8) is 0 Å². The van der Waals surface area contributed by atoms with Gasteiger partial charge in [-0.1, -0.05) is 5.16 Å². The van der Waals surface area contributed by atoms with Gasteiger partial charge < -0.3 is 9.84 Å². The van der Waals surface area contributed by atoms with Crippen molar-refractivity contribution < 1.29 is 13.7 Å². The zero-order chi connectivity index (χ0) is 21.4. The third-order valence-corrected chi connectivity index (χ3v) is 4.76. The number of halogens is 1. The number of nitrogens with zero attached hydrogens (tertiary/aromatic N) is 5. The zero-order valence-electron chi connectivity index (χ0n) is 17.0. The van der Waals surface area contributed by atoms with Crippen LogP contribution < -0.4 is 5.32 Å². The molecule has 30 heavy (non-hydrogen) atoms. The van der Waals surface area contributed by atoms with Crippen molar-refractivity contribution in [2.45, 2.75) is 39.8 Å². The maximum atomic E-state index is 13.1. The summed E-state index contributed by atoms with van der Waals surface area (Å²) in [5.41, 5.74) is 2.42. The lowest BCUT2D eigenvalue weighted by Crippen LogP contribution is -2.27. The van der Waals surface area contributed by atoms with E-state index < -0.39 is 6.04 Å². The Hall–Kier alpha value is -3.62. The fourth-order valence-electron chi connectivity index (χ4n) is 3.14. The van der Waals surface area contributed by atoms with Crippen LogP contribution in [0.5, 0.6) is 0 Å². The van der Waals surface area contributed by atoms with Crippen LogP contribution in [-0.2, 0) is 0 Å². The molecule has 8 nitrogen and oxygen atoms in total. The summed E-state index contributed by atoms with van der Waals surface area (Å²) < 4.78 is 20.2. The fourth-order valence-corrected chi connectivity index (χ4v) is 3.14. The second-order valence-corrected chi connectivity index (χ2v) is 7.38. The highest BCUT2D eigenvalue weighted by atomic mass is 19.1. The number of aryl methyl sites for hydroxylation is 1. The summed E-state index contributed by atoms with van der Waals surface area (Å²) in [6.45, 7) is 7.58. The van der Waals surface area contributed by atoms with Crippen molar-refractivity contribution in [3.05, 3.63) is 59.5 Å². The lowest BCUT2D eigenvalue weighted by molar-refractivity contribution is 0.0931. The number of hydrogen-bond acceptors (Lipinski definition) is 6. The molecule has 0 aliphatic carbocycles. The molecule has 0 aliphatic rings. The second-order valence-electron chi connectivity index (χ2n) is 7.38. The van der Waals surface area contributed by atoms with Crippen LogP contribution >= 0.6 is 0 Å². The van der Waals surface area contributed by atoms with E-state index in [1.807, 2.05) is 18.5 Å². The molecule has 3 heterocycles. The number of nitrogens with one attached hydrogen (secondary N) is 1. The fraction of sp³-hybridized carbons (Fsp3) is 0.286. The highest BCUT2D eigenvalue weighted by molar-refractivity contribution is 5.98. The molecule has 9 heteroatoms. The average molecular weight is 408 g/mol. The largest absolute Gasteiger partial charge is 0.340 e. The Balaban J connectivity index is 1.54. The first-order chi connectivity index (χ1) is 14.3.